The summed E-state index contributed by atoms with van der Waals surface area (Å²) < 4.78 is 8.20. The Balaban J connectivity index is 1.26. The van der Waals surface area contributed by atoms with Crippen LogP contribution in [0.2, 0.25) is 0 Å². The van der Waals surface area contributed by atoms with Gasteiger partial charge < -0.3 is 24.8 Å². The van der Waals surface area contributed by atoms with E-state index in [1.54, 1.807) is 13.3 Å². The van der Waals surface area contributed by atoms with Crippen LogP contribution in [0.15, 0.2) is 48.7 Å². The van der Waals surface area contributed by atoms with E-state index in [4.69, 9.17) is 15.5 Å². The van der Waals surface area contributed by atoms with Crippen LogP contribution >= 0.6 is 0 Å². The summed E-state index contributed by atoms with van der Waals surface area (Å²) in [6.45, 7) is 5.19. The predicted octanol–water partition coefficient (Wildman–Crippen LogP) is 3.63. The maximum Gasteiger partial charge on any atom is 0.254 e. The number of hydrogen-bond acceptors (Lipinski definition) is 8. The molecule has 3 fully saturated rings. The number of amides is 1. The van der Waals surface area contributed by atoms with Crippen molar-refractivity contribution in [2.45, 2.75) is 44.8 Å². The number of methoxy groups -OCH3 is 1. The number of nitrogens with two attached hydrogens (primary N) is 1. The Kier molecular flexibility index (Phi) is 6.54. The second-order valence-electron chi connectivity index (χ2n) is 11.7. The van der Waals surface area contributed by atoms with Crippen LogP contribution in [-0.4, -0.2) is 69.2 Å². The second-order valence-corrected chi connectivity index (χ2v) is 11.7. The molecule has 3 aliphatic rings. The number of imidazole rings is 1. The molecule has 2 aromatic heterocycles. The SMILES string of the molecule is CCc1ccccc1-c1nc2cc(C(=O)N3CC4CCC3[C@@H]4N)cc(OC)c2n1CC1CN(c2ccnc(C#N)n2)C1. The van der Waals surface area contributed by atoms with Crippen molar-refractivity contribution in [2.24, 2.45) is 17.6 Å². The highest BCUT2D eigenvalue weighted by Gasteiger charge is 2.47. The van der Waals surface area contributed by atoms with Gasteiger partial charge in [0.2, 0.25) is 5.82 Å². The minimum absolute atomic E-state index is 0.000803. The van der Waals surface area contributed by atoms with Gasteiger partial charge in [-0.1, -0.05) is 31.2 Å². The highest BCUT2D eigenvalue weighted by atomic mass is 16.5. The van der Waals surface area contributed by atoms with Crippen LogP contribution in [0.3, 0.4) is 0 Å². The maximum atomic E-state index is 13.8. The minimum Gasteiger partial charge on any atom is -0.494 e. The average Bonchev–Trinajstić information content (AvgIpc) is 3.66. The standard InChI is InChI=1S/C32H34N8O2/c1-3-20-6-4-5-7-23(20)31-36-24-12-22(32(41)39-18-21-8-9-25(39)29(21)34)13-26(42-2)30(24)40(31)17-19-15-38(16-19)28-10-11-35-27(14-33)37-28/h4-7,10-13,19,21,25,29H,3,8-9,15-18,34H2,1-2H3/t21?,25?,29-/m1/s1. The molecule has 2 unspecified atom stereocenters. The van der Waals surface area contributed by atoms with Gasteiger partial charge in [-0.05, 0) is 48.9 Å². The number of benzene rings is 2. The van der Waals surface area contributed by atoms with Gasteiger partial charge in [-0.15, -0.1) is 0 Å². The van der Waals surface area contributed by atoms with E-state index >= 15 is 0 Å². The lowest BCUT2D eigenvalue weighted by molar-refractivity contribution is 0.0700. The van der Waals surface area contributed by atoms with Crippen molar-refractivity contribution < 1.29 is 9.53 Å². The summed E-state index contributed by atoms with van der Waals surface area (Å²) in [5, 5.41) is 9.20. The Morgan fingerprint density at radius 2 is 1.98 bits per heavy atom. The van der Waals surface area contributed by atoms with Crippen molar-refractivity contribution in [1.82, 2.24) is 24.4 Å². The third-order valence-electron chi connectivity index (χ3n) is 9.29. The number of nitriles is 1. The quantitative estimate of drug-likeness (QED) is 0.362. The molecule has 3 atom stereocenters. The van der Waals surface area contributed by atoms with Gasteiger partial charge in [0.15, 0.2) is 0 Å². The zero-order chi connectivity index (χ0) is 29.0. The van der Waals surface area contributed by atoms with E-state index in [-0.39, 0.29) is 23.8 Å². The molecule has 0 spiro atoms. The smallest absolute Gasteiger partial charge is 0.254 e. The van der Waals surface area contributed by atoms with Crippen molar-refractivity contribution in [1.29, 1.82) is 5.26 Å². The van der Waals surface area contributed by atoms with E-state index in [0.717, 1.165) is 73.7 Å². The van der Waals surface area contributed by atoms with Crippen LogP contribution in [0.1, 0.15) is 41.5 Å². The number of carbonyl (C=O) groups is 1. The predicted molar refractivity (Wildman–Crippen MR) is 159 cm³/mol. The Morgan fingerprint density at radius 3 is 2.69 bits per heavy atom. The van der Waals surface area contributed by atoms with Gasteiger partial charge in [-0.3, -0.25) is 4.79 Å². The lowest BCUT2D eigenvalue weighted by Crippen LogP contribution is -2.49. The summed E-state index contributed by atoms with van der Waals surface area (Å²) in [6.07, 6.45) is 4.57. The lowest BCUT2D eigenvalue weighted by Gasteiger charge is -2.40. The number of piperidine rings is 1. The number of carbonyl (C=O) groups excluding carboxylic acids is 1. The van der Waals surface area contributed by atoms with E-state index in [0.29, 0.717) is 23.1 Å². The molecule has 10 nitrogen and oxygen atoms in total. The Labute approximate surface area is 244 Å². The zero-order valence-electron chi connectivity index (χ0n) is 23.9. The molecule has 1 amide bonds. The molecule has 2 saturated heterocycles. The van der Waals surface area contributed by atoms with Crippen LogP contribution in [-0.2, 0) is 13.0 Å². The number of likely N-dealkylation sites (tertiary alicyclic amines) is 1. The molecule has 1 saturated carbocycles. The number of aromatic nitrogens is 4. The molecule has 2 bridgehead atoms. The summed E-state index contributed by atoms with van der Waals surface area (Å²) in [5.41, 5.74) is 10.9. The molecule has 4 heterocycles. The first kappa shape index (κ1) is 26.4. The third-order valence-corrected chi connectivity index (χ3v) is 9.29. The first-order valence-corrected chi connectivity index (χ1v) is 14.7. The third kappa shape index (κ3) is 4.27. The summed E-state index contributed by atoms with van der Waals surface area (Å²) in [6, 6.07) is 16.2. The number of fused-ring (bicyclic) bond motifs is 3. The molecule has 7 rings (SSSR count). The lowest BCUT2D eigenvalue weighted by atomic mass is 9.99. The molecule has 10 heteroatoms. The molecular weight excluding hydrogens is 528 g/mol. The number of rotatable bonds is 7. The molecule has 214 valence electrons. The van der Waals surface area contributed by atoms with Crippen LogP contribution in [0, 0.1) is 23.2 Å². The molecule has 1 aliphatic carbocycles. The average molecular weight is 563 g/mol. The largest absolute Gasteiger partial charge is 0.494 e. The van der Waals surface area contributed by atoms with E-state index in [1.165, 1.54) is 5.56 Å². The van der Waals surface area contributed by atoms with Gasteiger partial charge in [0.25, 0.3) is 5.91 Å². The van der Waals surface area contributed by atoms with Crippen molar-refractivity contribution in [3.05, 3.63) is 65.6 Å². The molecule has 2 aliphatic heterocycles. The summed E-state index contributed by atoms with van der Waals surface area (Å²) in [5.74, 6) is 3.18. The number of aryl methyl sites for hydroxylation is 1. The van der Waals surface area contributed by atoms with E-state index in [9.17, 15) is 10.1 Å². The van der Waals surface area contributed by atoms with E-state index in [2.05, 4.69) is 44.6 Å². The summed E-state index contributed by atoms with van der Waals surface area (Å²) >= 11 is 0. The van der Waals surface area contributed by atoms with E-state index < -0.39 is 0 Å². The van der Waals surface area contributed by atoms with Crippen LogP contribution in [0.25, 0.3) is 22.4 Å². The summed E-state index contributed by atoms with van der Waals surface area (Å²) in [4.78, 5) is 31.4. The van der Waals surface area contributed by atoms with Crippen molar-refractivity contribution in [3.63, 3.8) is 0 Å². The van der Waals surface area contributed by atoms with Gasteiger partial charge >= 0.3 is 0 Å². The number of nitrogens with zero attached hydrogens (tertiary/aromatic N) is 7. The van der Waals surface area contributed by atoms with Gasteiger partial charge in [0.1, 0.15) is 29.0 Å². The fraction of sp³-hybridized carbons (Fsp3) is 0.406. The molecular formula is C32H34N8O2. The Bertz CT molecular complexity index is 1720. The Hall–Kier alpha value is -4.49. The number of hydrogen-bond donors (Lipinski definition) is 1. The van der Waals surface area contributed by atoms with Gasteiger partial charge in [-0.25, -0.2) is 15.0 Å². The first-order valence-electron chi connectivity index (χ1n) is 14.7. The fourth-order valence-corrected chi connectivity index (χ4v) is 7.10. The highest BCUT2D eigenvalue weighted by molar-refractivity contribution is 6.00. The van der Waals surface area contributed by atoms with Crippen LogP contribution in [0.5, 0.6) is 5.75 Å². The minimum atomic E-state index is -0.000803. The van der Waals surface area contributed by atoms with Gasteiger partial charge in [0, 0.05) is 61.5 Å². The molecule has 2 aromatic carbocycles. The fourth-order valence-electron chi connectivity index (χ4n) is 7.10. The van der Waals surface area contributed by atoms with Crippen LogP contribution in [0.4, 0.5) is 5.82 Å². The molecule has 4 aromatic rings. The zero-order valence-corrected chi connectivity index (χ0v) is 23.9. The van der Waals surface area contributed by atoms with Crippen molar-refractivity contribution >= 4 is 22.8 Å². The maximum absolute atomic E-state index is 13.8. The highest BCUT2D eigenvalue weighted by Crippen LogP contribution is 2.40. The van der Waals surface area contributed by atoms with Gasteiger partial charge in [-0.2, -0.15) is 5.26 Å². The van der Waals surface area contributed by atoms with E-state index in [1.807, 2.05) is 35.2 Å². The van der Waals surface area contributed by atoms with Crippen LogP contribution < -0.4 is 15.4 Å². The van der Waals surface area contributed by atoms with Gasteiger partial charge in [0.05, 0.1) is 12.6 Å². The molecule has 42 heavy (non-hydrogen) atoms. The first-order chi connectivity index (χ1) is 20.5. The monoisotopic (exact) mass is 562 g/mol. The normalized spacial score (nSPS) is 21.5. The number of anilines is 1. The summed E-state index contributed by atoms with van der Waals surface area (Å²) in [7, 11) is 1.65. The van der Waals surface area contributed by atoms with Crippen molar-refractivity contribution in [2.75, 3.05) is 31.6 Å². The number of ether oxygens (including phenoxy) is 1. The van der Waals surface area contributed by atoms with Crippen molar-refractivity contribution in [3.8, 4) is 23.2 Å². The second kappa shape index (κ2) is 10.4. The molecule has 2 N–H and O–H groups in total. The Morgan fingerprint density at radius 1 is 1.14 bits per heavy atom. The topological polar surface area (TPSA) is 126 Å². The molecule has 0 radical (unpaired) electrons.